The Balaban J connectivity index is 2.56. The summed E-state index contributed by atoms with van der Waals surface area (Å²) in [4.78, 5) is 13.8. The fraction of sp³-hybridized carbons (Fsp3) is 0.692. The molecule has 0 saturated heterocycles. The Hall–Kier alpha value is -1.40. The van der Waals surface area contributed by atoms with Crippen molar-refractivity contribution < 1.29 is 4.79 Å². The number of likely N-dealkylation sites (N-methyl/N-ethyl adjacent to an activating group) is 1. The zero-order valence-corrected chi connectivity index (χ0v) is 12.1. The first kappa shape index (κ1) is 15.7. The maximum Gasteiger partial charge on any atom is 0.239 e. The monoisotopic (exact) mass is 267 g/mol. The summed E-state index contributed by atoms with van der Waals surface area (Å²) in [5.41, 5.74) is 6.28. The number of aryl methyl sites for hydroxylation is 1. The summed E-state index contributed by atoms with van der Waals surface area (Å²) in [6.45, 7) is 10.7. The number of carbonyl (C=O) groups is 1. The molecule has 0 radical (unpaired) electrons. The van der Waals surface area contributed by atoms with Gasteiger partial charge in [-0.3, -0.25) is 9.48 Å². The SMILES string of the molecule is CCN(CC)CCNC(C(N)=O)c1cnn(CC)c1. The maximum atomic E-state index is 11.5. The van der Waals surface area contributed by atoms with E-state index in [1.54, 1.807) is 10.9 Å². The third kappa shape index (κ3) is 4.65. The van der Waals surface area contributed by atoms with Crippen LogP contribution in [0.3, 0.4) is 0 Å². The van der Waals surface area contributed by atoms with Gasteiger partial charge in [0.2, 0.25) is 5.91 Å². The van der Waals surface area contributed by atoms with Gasteiger partial charge in [0.25, 0.3) is 0 Å². The predicted octanol–water partition coefficient (Wildman–Crippen LogP) is 0.361. The minimum Gasteiger partial charge on any atom is -0.368 e. The minimum atomic E-state index is -0.462. The number of hydrogen-bond donors (Lipinski definition) is 2. The van der Waals surface area contributed by atoms with E-state index in [9.17, 15) is 4.79 Å². The van der Waals surface area contributed by atoms with Crippen LogP contribution < -0.4 is 11.1 Å². The quantitative estimate of drug-likeness (QED) is 0.677. The minimum absolute atomic E-state index is 0.366. The van der Waals surface area contributed by atoms with Crippen LogP contribution in [0.25, 0.3) is 0 Å². The molecule has 1 rings (SSSR count). The molecule has 108 valence electrons. The summed E-state index contributed by atoms with van der Waals surface area (Å²) in [6.07, 6.45) is 3.56. The lowest BCUT2D eigenvalue weighted by Gasteiger charge is -2.20. The Labute approximate surface area is 114 Å². The molecular formula is C13H25N5O. The Morgan fingerprint density at radius 1 is 1.47 bits per heavy atom. The highest BCUT2D eigenvalue weighted by atomic mass is 16.1. The van der Waals surface area contributed by atoms with Crippen LogP contribution in [0.5, 0.6) is 0 Å². The molecule has 1 unspecified atom stereocenters. The summed E-state index contributed by atoms with van der Waals surface area (Å²) in [7, 11) is 0. The van der Waals surface area contributed by atoms with E-state index in [4.69, 9.17) is 5.73 Å². The van der Waals surface area contributed by atoms with Crippen LogP contribution in [0.2, 0.25) is 0 Å². The van der Waals surface area contributed by atoms with Crippen LogP contribution >= 0.6 is 0 Å². The number of hydrogen-bond acceptors (Lipinski definition) is 4. The molecule has 1 amide bonds. The van der Waals surface area contributed by atoms with Gasteiger partial charge in [-0.15, -0.1) is 0 Å². The Morgan fingerprint density at radius 3 is 2.63 bits per heavy atom. The first-order valence-corrected chi connectivity index (χ1v) is 6.89. The van der Waals surface area contributed by atoms with Crippen molar-refractivity contribution in [3.8, 4) is 0 Å². The van der Waals surface area contributed by atoms with Crippen molar-refractivity contribution in [2.24, 2.45) is 5.73 Å². The van der Waals surface area contributed by atoms with E-state index in [1.165, 1.54) is 0 Å². The number of nitrogens with two attached hydrogens (primary N) is 1. The van der Waals surface area contributed by atoms with Gasteiger partial charge in [-0.05, 0) is 20.0 Å². The average molecular weight is 267 g/mol. The number of rotatable bonds is 9. The Bertz CT molecular complexity index is 386. The average Bonchev–Trinajstić information content (AvgIpc) is 2.87. The molecule has 6 nitrogen and oxygen atoms in total. The number of amides is 1. The zero-order valence-electron chi connectivity index (χ0n) is 12.1. The van der Waals surface area contributed by atoms with Crippen molar-refractivity contribution >= 4 is 5.91 Å². The number of primary amides is 1. The molecule has 1 heterocycles. The van der Waals surface area contributed by atoms with E-state index >= 15 is 0 Å². The molecule has 0 saturated carbocycles. The highest BCUT2D eigenvalue weighted by Gasteiger charge is 2.18. The molecule has 0 fully saturated rings. The van der Waals surface area contributed by atoms with Gasteiger partial charge < -0.3 is 16.0 Å². The fourth-order valence-corrected chi connectivity index (χ4v) is 1.99. The first-order valence-electron chi connectivity index (χ1n) is 6.89. The Kier molecular flexibility index (Phi) is 6.52. The van der Waals surface area contributed by atoms with Crippen LogP contribution in [0.1, 0.15) is 32.4 Å². The molecule has 0 bridgehead atoms. The Morgan fingerprint density at radius 2 is 2.16 bits per heavy atom. The maximum absolute atomic E-state index is 11.5. The van der Waals surface area contributed by atoms with Gasteiger partial charge >= 0.3 is 0 Å². The molecule has 1 aromatic rings. The van der Waals surface area contributed by atoms with Gasteiger partial charge in [0.15, 0.2) is 0 Å². The number of aromatic nitrogens is 2. The van der Waals surface area contributed by atoms with E-state index in [0.717, 1.165) is 38.3 Å². The first-order chi connectivity index (χ1) is 9.12. The van der Waals surface area contributed by atoms with Crippen LogP contribution in [-0.2, 0) is 11.3 Å². The highest BCUT2D eigenvalue weighted by molar-refractivity contribution is 5.81. The van der Waals surface area contributed by atoms with E-state index in [-0.39, 0.29) is 5.91 Å². The third-order valence-electron chi connectivity index (χ3n) is 3.27. The van der Waals surface area contributed by atoms with Gasteiger partial charge in [0.1, 0.15) is 6.04 Å². The van der Waals surface area contributed by atoms with Crippen molar-refractivity contribution in [3.05, 3.63) is 18.0 Å². The van der Waals surface area contributed by atoms with Crippen LogP contribution in [-0.4, -0.2) is 46.8 Å². The van der Waals surface area contributed by atoms with E-state index in [1.807, 2.05) is 13.1 Å². The molecule has 19 heavy (non-hydrogen) atoms. The smallest absolute Gasteiger partial charge is 0.239 e. The van der Waals surface area contributed by atoms with Gasteiger partial charge in [0, 0.05) is 31.4 Å². The van der Waals surface area contributed by atoms with Crippen LogP contribution in [0.4, 0.5) is 0 Å². The molecule has 0 aliphatic carbocycles. The second-order valence-corrected chi connectivity index (χ2v) is 4.45. The lowest BCUT2D eigenvalue weighted by molar-refractivity contribution is -0.120. The summed E-state index contributed by atoms with van der Waals surface area (Å²) in [6, 6.07) is -0.462. The molecule has 6 heteroatoms. The van der Waals surface area contributed by atoms with Crippen LogP contribution in [0.15, 0.2) is 12.4 Å². The molecular weight excluding hydrogens is 242 g/mol. The van der Waals surface area contributed by atoms with Crippen LogP contribution in [0, 0.1) is 0 Å². The summed E-state index contributed by atoms with van der Waals surface area (Å²) >= 11 is 0. The molecule has 0 aliphatic heterocycles. The molecule has 1 aromatic heterocycles. The second kappa shape index (κ2) is 7.91. The summed E-state index contributed by atoms with van der Waals surface area (Å²) < 4.78 is 1.79. The molecule has 1 atom stereocenters. The van der Waals surface area contributed by atoms with Gasteiger partial charge in [-0.2, -0.15) is 5.10 Å². The number of nitrogens with one attached hydrogen (secondary N) is 1. The fourth-order valence-electron chi connectivity index (χ4n) is 1.99. The van der Waals surface area contributed by atoms with Gasteiger partial charge in [-0.1, -0.05) is 13.8 Å². The van der Waals surface area contributed by atoms with Gasteiger partial charge in [-0.25, -0.2) is 0 Å². The standard InChI is InChI=1S/C13H25N5O/c1-4-17(5-2)8-7-15-12(13(14)19)11-9-16-18(6-3)10-11/h9-10,12,15H,4-8H2,1-3H3,(H2,14,19). The predicted molar refractivity (Wildman–Crippen MR) is 75.6 cm³/mol. The number of carbonyl (C=O) groups excluding carboxylic acids is 1. The van der Waals surface area contributed by atoms with Crippen molar-refractivity contribution in [1.29, 1.82) is 0 Å². The number of nitrogens with zero attached hydrogens (tertiary/aromatic N) is 3. The van der Waals surface area contributed by atoms with Crippen molar-refractivity contribution in [1.82, 2.24) is 20.0 Å². The van der Waals surface area contributed by atoms with Crippen molar-refractivity contribution in [2.75, 3.05) is 26.2 Å². The van der Waals surface area contributed by atoms with Crippen molar-refractivity contribution in [3.63, 3.8) is 0 Å². The molecule has 0 aliphatic rings. The largest absolute Gasteiger partial charge is 0.368 e. The van der Waals surface area contributed by atoms with Crippen molar-refractivity contribution in [2.45, 2.75) is 33.4 Å². The summed E-state index contributed by atoms with van der Waals surface area (Å²) in [5, 5.41) is 7.37. The second-order valence-electron chi connectivity index (χ2n) is 4.45. The normalized spacial score (nSPS) is 12.8. The van der Waals surface area contributed by atoms with E-state index in [2.05, 4.69) is 29.2 Å². The molecule has 0 aromatic carbocycles. The highest BCUT2D eigenvalue weighted by Crippen LogP contribution is 2.11. The lowest BCUT2D eigenvalue weighted by Crippen LogP contribution is -2.38. The third-order valence-corrected chi connectivity index (χ3v) is 3.27. The molecule has 3 N–H and O–H groups in total. The van der Waals surface area contributed by atoms with E-state index in [0.29, 0.717) is 0 Å². The zero-order chi connectivity index (χ0) is 14.3. The topological polar surface area (TPSA) is 76.2 Å². The lowest BCUT2D eigenvalue weighted by atomic mass is 10.1. The van der Waals surface area contributed by atoms with Gasteiger partial charge in [0.05, 0.1) is 6.20 Å². The molecule has 0 spiro atoms. The summed E-state index contributed by atoms with van der Waals surface area (Å²) in [5.74, 6) is -0.366. The van der Waals surface area contributed by atoms with E-state index < -0.39 is 6.04 Å².